The van der Waals surface area contributed by atoms with E-state index in [4.69, 9.17) is 14.2 Å². The number of hydrogen-bond acceptors (Lipinski definition) is 3. The molecule has 0 aromatic rings. The van der Waals surface area contributed by atoms with Gasteiger partial charge in [0.1, 0.15) is 0 Å². The van der Waals surface area contributed by atoms with Crippen LogP contribution >= 0.6 is 0 Å². The summed E-state index contributed by atoms with van der Waals surface area (Å²) in [6.07, 6.45) is 52.4. The third-order valence-electron chi connectivity index (χ3n) is 16.8. The highest BCUT2D eigenvalue weighted by molar-refractivity contribution is 5.25. The second kappa shape index (κ2) is 29.5. The summed E-state index contributed by atoms with van der Waals surface area (Å²) in [4.78, 5) is 0. The molecular formula is C57H102O3. The molecule has 3 saturated carbocycles. The summed E-state index contributed by atoms with van der Waals surface area (Å²) in [5.41, 5.74) is 2.80. The molecule has 3 heteroatoms. The summed E-state index contributed by atoms with van der Waals surface area (Å²) in [5, 5.41) is 0. The van der Waals surface area contributed by atoms with Gasteiger partial charge in [-0.15, -0.1) is 0 Å². The average molecular weight is 835 g/mol. The lowest BCUT2D eigenvalue weighted by atomic mass is 9.47. The van der Waals surface area contributed by atoms with Crippen molar-refractivity contribution in [3.05, 3.63) is 36.0 Å². The van der Waals surface area contributed by atoms with Gasteiger partial charge >= 0.3 is 0 Å². The van der Waals surface area contributed by atoms with E-state index >= 15 is 0 Å². The van der Waals surface area contributed by atoms with Crippen LogP contribution in [0.1, 0.15) is 241 Å². The first-order chi connectivity index (χ1) is 29.2. The summed E-state index contributed by atoms with van der Waals surface area (Å²) in [5.74, 6) is 5.50. The molecule has 0 aliphatic heterocycles. The Hall–Kier alpha value is -0.900. The Morgan fingerprint density at radius 1 is 0.667 bits per heavy atom. The summed E-state index contributed by atoms with van der Waals surface area (Å²) in [7, 11) is 0. The molecule has 1 unspecified atom stereocenters. The molecule has 0 saturated heterocycles. The van der Waals surface area contributed by atoms with Crippen molar-refractivity contribution in [2.45, 2.75) is 253 Å². The van der Waals surface area contributed by atoms with Gasteiger partial charge in [0, 0.05) is 19.8 Å². The first-order valence-electron chi connectivity index (χ1n) is 27.0. The van der Waals surface area contributed by atoms with E-state index in [9.17, 15) is 0 Å². The van der Waals surface area contributed by atoms with Gasteiger partial charge in [0.25, 0.3) is 0 Å². The average Bonchev–Trinajstić information content (AvgIpc) is 3.60. The topological polar surface area (TPSA) is 27.7 Å². The van der Waals surface area contributed by atoms with Crippen molar-refractivity contribution < 1.29 is 14.2 Å². The van der Waals surface area contributed by atoms with Crippen LogP contribution < -0.4 is 0 Å². The predicted molar refractivity (Wildman–Crippen MR) is 261 cm³/mol. The largest absolute Gasteiger partial charge is 0.379 e. The number of rotatable bonds is 34. The molecule has 60 heavy (non-hydrogen) atoms. The Bertz CT molecular complexity index is 1190. The summed E-state index contributed by atoms with van der Waals surface area (Å²) in [6.45, 7) is 20.8. The lowest BCUT2D eigenvalue weighted by Gasteiger charge is -2.58. The van der Waals surface area contributed by atoms with Crippen LogP contribution in [-0.4, -0.2) is 38.6 Å². The molecule has 0 aromatic carbocycles. The van der Waals surface area contributed by atoms with Crippen molar-refractivity contribution in [1.82, 2.24) is 0 Å². The van der Waals surface area contributed by atoms with Crippen LogP contribution in [0.15, 0.2) is 36.0 Å². The quantitative estimate of drug-likeness (QED) is 0.0477. The van der Waals surface area contributed by atoms with E-state index in [0.29, 0.717) is 16.9 Å². The number of fused-ring (bicyclic) bond motifs is 5. The van der Waals surface area contributed by atoms with Gasteiger partial charge in [0.05, 0.1) is 18.8 Å². The Balaban J connectivity index is 0.952. The van der Waals surface area contributed by atoms with Crippen molar-refractivity contribution in [2.75, 3.05) is 26.4 Å². The van der Waals surface area contributed by atoms with Gasteiger partial charge in [-0.1, -0.05) is 168 Å². The van der Waals surface area contributed by atoms with E-state index in [1.165, 1.54) is 180 Å². The highest BCUT2D eigenvalue weighted by atomic mass is 16.5. The third-order valence-corrected chi connectivity index (χ3v) is 16.8. The van der Waals surface area contributed by atoms with E-state index in [1.54, 1.807) is 5.57 Å². The maximum atomic E-state index is 6.59. The van der Waals surface area contributed by atoms with Crippen LogP contribution in [0, 0.1) is 46.3 Å². The van der Waals surface area contributed by atoms with Gasteiger partial charge in [0.2, 0.25) is 0 Å². The molecule has 0 bridgehead atoms. The Morgan fingerprint density at radius 2 is 1.33 bits per heavy atom. The monoisotopic (exact) mass is 835 g/mol. The zero-order valence-corrected chi connectivity index (χ0v) is 41.3. The van der Waals surface area contributed by atoms with Crippen LogP contribution in [0.25, 0.3) is 0 Å². The standard InChI is InChI=1S/C57H102O3/c1-8-10-11-12-13-14-15-16-17-18-19-20-21-22-25-28-42-58-46-50(9-2)59-43-29-26-23-24-27-30-44-60-51-38-40-56(6)49(45-51)34-35-52-54-37-36-53(48(5)33-31-32-47(3)4)57(54,7)41-39-55(52)56/h13-14,16-17,34,47-48,50-55H,8-12,15,18-33,35-46H2,1-7H3/b14-13-,17-16-/t48-,50?,51+,52+,53-,54+,55+,56+,57-/m1/s1. The fraction of sp³-hybridized carbons (Fsp3) is 0.895. The van der Waals surface area contributed by atoms with E-state index in [2.05, 4.69) is 78.8 Å². The molecular weight excluding hydrogens is 733 g/mol. The van der Waals surface area contributed by atoms with Crippen LogP contribution in [0.5, 0.6) is 0 Å². The molecule has 4 rings (SSSR count). The number of hydrogen-bond donors (Lipinski definition) is 0. The smallest absolute Gasteiger partial charge is 0.0805 e. The minimum atomic E-state index is 0.256. The highest BCUT2D eigenvalue weighted by Gasteiger charge is 2.59. The summed E-state index contributed by atoms with van der Waals surface area (Å²) < 4.78 is 18.8. The van der Waals surface area contributed by atoms with Crippen LogP contribution in [0.4, 0.5) is 0 Å². The Labute approximate surface area is 374 Å². The van der Waals surface area contributed by atoms with Crippen molar-refractivity contribution in [3.63, 3.8) is 0 Å². The third kappa shape index (κ3) is 17.2. The van der Waals surface area contributed by atoms with Crippen molar-refractivity contribution in [2.24, 2.45) is 46.3 Å². The molecule has 4 aliphatic rings. The fourth-order valence-corrected chi connectivity index (χ4v) is 12.9. The second-order valence-electron chi connectivity index (χ2n) is 21.7. The number of allylic oxidation sites excluding steroid dienone is 5. The molecule has 0 amide bonds. The van der Waals surface area contributed by atoms with Crippen LogP contribution in [-0.2, 0) is 14.2 Å². The summed E-state index contributed by atoms with van der Waals surface area (Å²) >= 11 is 0. The predicted octanol–water partition coefficient (Wildman–Crippen LogP) is 17.4. The van der Waals surface area contributed by atoms with Crippen LogP contribution in [0.2, 0.25) is 0 Å². The second-order valence-corrected chi connectivity index (χ2v) is 21.7. The van der Waals surface area contributed by atoms with E-state index < -0.39 is 0 Å². The van der Waals surface area contributed by atoms with E-state index in [0.717, 1.165) is 74.8 Å². The number of unbranched alkanes of at least 4 members (excludes halogenated alkanes) is 14. The molecule has 3 nitrogen and oxygen atoms in total. The molecule has 0 N–H and O–H groups in total. The zero-order chi connectivity index (χ0) is 42.9. The Kier molecular flexibility index (Phi) is 25.5. The van der Waals surface area contributed by atoms with E-state index in [1.807, 2.05) is 0 Å². The first-order valence-corrected chi connectivity index (χ1v) is 27.0. The normalized spacial score (nSPS) is 28.9. The SMILES string of the molecule is CCCCC/C=C\C/C=C\CCCCCCCCOCC(CC)OCCCCCCCCO[C@H]1CC[C@@]2(C)C(=CC[C@H]3[C@@H]4CC[C@H]([C@H](C)CCCC(C)C)[C@@]4(C)CC[C@@H]32)C1. The minimum Gasteiger partial charge on any atom is -0.379 e. The molecule has 4 aliphatic carbocycles. The molecule has 348 valence electrons. The highest BCUT2D eigenvalue weighted by Crippen LogP contribution is 2.67. The first kappa shape index (κ1) is 51.7. The van der Waals surface area contributed by atoms with Gasteiger partial charge in [-0.3, -0.25) is 0 Å². The minimum absolute atomic E-state index is 0.256. The molecule has 0 aromatic heterocycles. The van der Waals surface area contributed by atoms with Crippen molar-refractivity contribution >= 4 is 0 Å². The molecule has 9 atom stereocenters. The fourth-order valence-electron chi connectivity index (χ4n) is 12.9. The van der Waals surface area contributed by atoms with Gasteiger partial charge in [-0.05, 0) is 155 Å². The van der Waals surface area contributed by atoms with Gasteiger partial charge in [-0.2, -0.15) is 0 Å². The Morgan fingerprint density at radius 3 is 2.03 bits per heavy atom. The lowest BCUT2D eigenvalue weighted by Crippen LogP contribution is -2.51. The molecule has 0 heterocycles. The molecule has 0 spiro atoms. The maximum Gasteiger partial charge on any atom is 0.0805 e. The van der Waals surface area contributed by atoms with Gasteiger partial charge < -0.3 is 14.2 Å². The van der Waals surface area contributed by atoms with E-state index in [-0.39, 0.29) is 6.10 Å². The summed E-state index contributed by atoms with van der Waals surface area (Å²) in [6, 6.07) is 0. The number of ether oxygens (including phenoxy) is 3. The molecule has 0 radical (unpaired) electrons. The molecule has 3 fully saturated rings. The zero-order valence-electron chi connectivity index (χ0n) is 41.3. The van der Waals surface area contributed by atoms with Gasteiger partial charge in [-0.25, -0.2) is 0 Å². The maximum absolute atomic E-state index is 6.59. The lowest BCUT2D eigenvalue weighted by molar-refractivity contribution is -0.0641. The van der Waals surface area contributed by atoms with Gasteiger partial charge in [0.15, 0.2) is 0 Å². The van der Waals surface area contributed by atoms with Crippen molar-refractivity contribution in [3.8, 4) is 0 Å². The van der Waals surface area contributed by atoms with Crippen molar-refractivity contribution in [1.29, 1.82) is 0 Å². The van der Waals surface area contributed by atoms with Crippen LogP contribution in [0.3, 0.4) is 0 Å².